The molecule has 0 aromatic heterocycles. The number of halogens is 1. The Kier molecular flexibility index (Phi) is 11.2. The number of hydrogen-bond acceptors (Lipinski definition) is 4. The van der Waals surface area contributed by atoms with Gasteiger partial charge in [0.1, 0.15) is 17.3 Å². The molecule has 0 unspecified atom stereocenters. The molecule has 0 bridgehead atoms. The van der Waals surface area contributed by atoms with Crippen molar-refractivity contribution in [3.8, 4) is 22.6 Å². The van der Waals surface area contributed by atoms with Gasteiger partial charge in [0.05, 0.1) is 24.3 Å². The summed E-state index contributed by atoms with van der Waals surface area (Å²) in [4.78, 5) is 24.6. The van der Waals surface area contributed by atoms with E-state index in [0.29, 0.717) is 30.3 Å². The molecule has 1 N–H and O–H groups in total. The van der Waals surface area contributed by atoms with Crippen molar-refractivity contribution in [2.75, 3.05) is 13.2 Å². The molecule has 196 valence electrons. The molecule has 0 saturated carbocycles. The van der Waals surface area contributed by atoms with Crippen LogP contribution in [0.1, 0.15) is 112 Å². The van der Waals surface area contributed by atoms with Crippen LogP contribution in [-0.2, 0) is 0 Å². The van der Waals surface area contributed by atoms with Crippen LogP contribution < -0.4 is 14.8 Å². The average Bonchev–Trinajstić information content (AvgIpc) is 3.15. The fourth-order valence-electron chi connectivity index (χ4n) is 4.55. The van der Waals surface area contributed by atoms with Gasteiger partial charge in [0.2, 0.25) is 0 Å². The van der Waals surface area contributed by atoms with Crippen molar-refractivity contribution < 1.29 is 23.5 Å². The van der Waals surface area contributed by atoms with Crippen LogP contribution in [0.15, 0.2) is 30.3 Å². The number of nitrogens with one attached hydrogen (secondary N) is 1. The Labute approximate surface area is 214 Å². The molecule has 2 aromatic rings. The van der Waals surface area contributed by atoms with E-state index in [1.165, 1.54) is 63.5 Å². The molecule has 0 saturated heterocycles. The second kappa shape index (κ2) is 14.6. The normalized spacial score (nSPS) is 12.5. The van der Waals surface area contributed by atoms with Gasteiger partial charge >= 0.3 is 0 Å². The summed E-state index contributed by atoms with van der Waals surface area (Å²) in [6.45, 7) is 5.51. The van der Waals surface area contributed by atoms with Gasteiger partial charge in [0, 0.05) is 11.6 Å². The van der Waals surface area contributed by atoms with E-state index < -0.39 is 17.6 Å². The lowest BCUT2D eigenvalue weighted by molar-refractivity contribution is 0.0879. The fourth-order valence-corrected chi connectivity index (χ4v) is 4.55. The van der Waals surface area contributed by atoms with Crippen molar-refractivity contribution in [3.63, 3.8) is 0 Å². The lowest BCUT2D eigenvalue weighted by Crippen LogP contribution is -2.20. The SMILES string of the molecule is CCCCCCCCOc1cc(OCCCCCCCC)cc(-c2c(F)ccc3c2C(=O)NC3=O)c1. The van der Waals surface area contributed by atoms with Crippen LogP contribution >= 0.6 is 0 Å². The number of benzene rings is 2. The summed E-state index contributed by atoms with van der Waals surface area (Å²) >= 11 is 0. The minimum absolute atomic E-state index is 0.0648. The van der Waals surface area contributed by atoms with E-state index in [4.69, 9.17) is 9.47 Å². The van der Waals surface area contributed by atoms with Crippen LogP contribution in [0.2, 0.25) is 0 Å². The van der Waals surface area contributed by atoms with E-state index in [9.17, 15) is 9.59 Å². The van der Waals surface area contributed by atoms with E-state index in [1.807, 2.05) is 6.07 Å². The number of ether oxygens (including phenoxy) is 2. The zero-order valence-corrected chi connectivity index (χ0v) is 21.8. The Hall–Kier alpha value is -2.89. The van der Waals surface area contributed by atoms with Gasteiger partial charge in [-0.05, 0) is 42.7 Å². The van der Waals surface area contributed by atoms with Gasteiger partial charge in [-0.25, -0.2) is 4.39 Å². The number of hydrogen-bond donors (Lipinski definition) is 1. The number of amides is 2. The molecule has 3 rings (SSSR count). The Morgan fingerprint density at radius 1 is 0.667 bits per heavy atom. The minimum atomic E-state index is -0.586. The molecule has 1 aliphatic rings. The molecule has 0 atom stereocenters. The van der Waals surface area contributed by atoms with Crippen LogP contribution in [0, 0.1) is 5.82 Å². The van der Waals surface area contributed by atoms with Crippen LogP contribution in [-0.4, -0.2) is 25.0 Å². The first-order chi connectivity index (χ1) is 17.5. The third-order valence-corrected chi connectivity index (χ3v) is 6.56. The van der Waals surface area contributed by atoms with E-state index in [1.54, 1.807) is 12.1 Å². The summed E-state index contributed by atoms with van der Waals surface area (Å²) in [6.07, 6.45) is 13.9. The quantitative estimate of drug-likeness (QED) is 0.178. The van der Waals surface area contributed by atoms with Crippen LogP contribution in [0.25, 0.3) is 11.1 Å². The lowest BCUT2D eigenvalue weighted by atomic mass is 9.95. The van der Waals surface area contributed by atoms with Gasteiger partial charge in [0.25, 0.3) is 11.8 Å². The summed E-state index contributed by atoms with van der Waals surface area (Å²) in [7, 11) is 0. The maximum Gasteiger partial charge on any atom is 0.259 e. The molecular weight excluding hydrogens is 457 g/mol. The molecule has 36 heavy (non-hydrogen) atoms. The van der Waals surface area contributed by atoms with Gasteiger partial charge in [-0.1, -0.05) is 78.1 Å². The Balaban J connectivity index is 1.75. The Morgan fingerprint density at radius 2 is 1.19 bits per heavy atom. The summed E-state index contributed by atoms with van der Waals surface area (Å²) in [5.41, 5.74) is 0.817. The molecule has 1 aliphatic heterocycles. The first-order valence-electron chi connectivity index (χ1n) is 13.6. The highest BCUT2D eigenvalue weighted by atomic mass is 19.1. The number of imide groups is 1. The van der Waals surface area contributed by atoms with Crippen molar-refractivity contribution in [3.05, 3.63) is 47.3 Å². The molecule has 0 spiro atoms. The monoisotopic (exact) mass is 497 g/mol. The number of carbonyl (C=O) groups excluding carboxylic acids is 2. The molecule has 1 heterocycles. The molecule has 0 radical (unpaired) electrons. The van der Waals surface area contributed by atoms with E-state index in [0.717, 1.165) is 25.7 Å². The third kappa shape index (κ3) is 7.81. The highest BCUT2D eigenvalue weighted by Crippen LogP contribution is 2.36. The van der Waals surface area contributed by atoms with Crippen LogP contribution in [0.3, 0.4) is 0 Å². The van der Waals surface area contributed by atoms with Gasteiger partial charge < -0.3 is 9.47 Å². The van der Waals surface area contributed by atoms with Crippen molar-refractivity contribution in [2.24, 2.45) is 0 Å². The predicted octanol–water partition coefficient (Wildman–Crippen LogP) is 7.85. The maximum atomic E-state index is 15.0. The Morgan fingerprint density at radius 3 is 1.75 bits per heavy atom. The molecule has 2 aromatic carbocycles. The predicted molar refractivity (Wildman–Crippen MR) is 141 cm³/mol. The number of rotatable bonds is 17. The van der Waals surface area contributed by atoms with Crippen LogP contribution in [0.5, 0.6) is 11.5 Å². The topological polar surface area (TPSA) is 64.6 Å². The van der Waals surface area contributed by atoms with Crippen molar-refractivity contribution >= 4 is 11.8 Å². The summed E-state index contributed by atoms with van der Waals surface area (Å²) in [5.74, 6) is -0.515. The molecule has 2 amide bonds. The zero-order chi connectivity index (χ0) is 25.8. The fraction of sp³-hybridized carbons (Fsp3) is 0.533. The number of fused-ring (bicyclic) bond motifs is 1. The van der Waals surface area contributed by atoms with Gasteiger partial charge in [-0.15, -0.1) is 0 Å². The maximum absolute atomic E-state index is 15.0. The Bertz CT molecular complexity index is 984. The minimum Gasteiger partial charge on any atom is -0.493 e. The standard InChI is InChI=1S/C30H40FNO4/c1-3-5-7-9-11-13-17-35-23-19-22(20-24(21-23)36-18-14-12-10-8-6-4-2)27-26(31)16-15-25-28(27)30(34)32-29(25)33/h15-16,19-21H,3-14,17-18H2,1-2H3,(H,32,33,34). The average molecular weight is 498 g/mol. The molecule has 0 fully saturated rings. The third-order valence-electron chi connectivity index (χ3n) is 6.56. The van der Waals surface area contributed by atoms with Crippen molar-refractivity contribution in [1.29, 1.82) is 0 Å². The van der Waals surface area contributed by atoms with Gasteiger partial charge in [-0.2, -0.15) is 0 Å². The van der Waals surface area contributed by atoms with E-state index >= 15 is 4.39 Å². The summed E-state index contributed by atoms with van der Waals surface area (Å²) in [5, 5.41) is 2.27. The van der Waals surface area contributed by atoms with E-state index in [2.05, 4.69) is 19.2 Å². The van der Waals surface area contributed by atoms with E-state index in [-0.39, 0.29) is 16.7 Å². The first kappa shape index (κ1) is 27.7. The molecule has 5 nitrogen and oxygen atoms in total. The number of carbonyl (C=O) groups is 2. The lowest BCUT2D eigenvalue weighted by Gasteiger charge is -2.14. The summed E-state index contributed by atoms with van der Waals surface area (Å²) in [6, 6.07) is 7.85. The highest BCUT2D eigenvalue weighted by Gasteiger charge is 2.32. The van der Waals surface area contributed by atoms with Crippen molar-refractivity contribution in [1.82, 2.24) is 5.32 Å². The molecular formula is C30H40FNO4. The number of unbranched alkanes of at least 4 members (excludes halogenated alkanes) is 10. The largest absolute Gasteiger partial charge is 0.493 e. The molecule has 6 heteroatoms. The summed E-state index contributed by atoms with van der Waals surface area (Å²) < 4.78 is 27.1. The highest BCUT2D eigenvalue weighted by molar-refractivity contribution is 6.24. The second-order valence-corrected chi connectivity index (χ2v) is 9.55. The smallest absolute Gasteiger partial charge is 0.259 e. The molecule has 0 aliphatic carbocycles. The van der Waals surface area contributed by atoms with Gasteiger partial charge in [-0.3, -0.25) is 14.9 Å². The first-order valence-corrected chi connectivity index (χ1v) is 13.6. The van der Waals surface area contributed by atoms with Crippen molar-refractivity contribution in [2.45, 2.75) is 90.9 Å². The zero-order valence-electron chi connectivity index (χ0n) is 21.8. The second-order valence-electron chi connectivity index (χ2n) is 9.55. The van der Waals surface area contributed by atoms with Crippen LogP contribution in [0.4, 0.5) is 4.39 Å². The van der Waals surface area contributed by atoms with Gasteiger partial charge in [0.15, 0.2) is 0 Å².